The van der Waals surface area contributed by atoms with E-state index in [4.69, 9.17) is 4.74 Å². The Bertz CT molecular complexity index is 422. The van der Waals surface area contributed by atoms with Gasteiger partial charge in [-0.25, -0.2) is 4.68 Å². The van der Waals surface area contributed by atoms with Crippen LogP contribution in [0.4, 0.5) is 5.69 Å². The number of aryl methyl sites for hydroxylation is 1. The highest BCUT2D eigenvalue weighted by Crippen LogP contribution is 2.26. The van der Waals surface area contributed by atoms with Crippen molar-refractivity contribution in [2.75, 3.05) is 24.6 Å². The standard InChI is InChI=1S/C11H17N3O2/c1-3-16-11-9(14-6-4-5-7-14)8-10(15)13(2)12-11/h8H,3-7H2,1-2H3. The van der Waals surface area contributed by atoms with Crippen LogP contribution in [0, 0.1) is 0 Å². The van der Waals surface area contributed by atoms with E-state index in [0.29, 0.717) is 12.5 Å². The minimum absolute atomic E-state index is 0.0923. The van der Waals surface area contributed by atoms with Gasteiger partial charge in [0, 0.05) is 26.2 Å². The Morgan fingerprint density at radius 2 is 2.12 bits per heavy atom. The summed E-state index contributed by atoms with van der Waals surface area (Å²) in [6.07, 6.45) is 2.33. The molecular weight excluding hydrogens is 206 g/mol. The van der Waals surface area contributed by atoms with Crippen LogP contribution in [-0.2, 0) is 7.05 Å². The molecule has 1 aliphatic heterocycles. The second-order valence-electron chi connectivity index (χ2n) is 3.92. The van der Waals surface area contributed by atoms with E-state index in [1.807, 2.05) is 6.92 Å². The Hall–Kier alpha value is -1.52. The smallest absolute Gasteiger partial charge is 0.268 e. The first-order valence-corrected chi connectivity index (χ1v) is 5.68. The predicted octanol–water partition coefficient (Wildman–Crippen LogP) is 0.779. The van der Waals surface area contributed by atoms with E-state index < -0.39 is 0 Å². The van der Waals surface area contributed by atoms with E-state index in [0.717, 1.165) is 18.8 Å². The lowest BCUT2D eigenvalue weighted by atomic mass is 10.4. The molecule has 0 N–H and O–H groups in total. The van der Waals surface area contributed by atoms with Crippen LogP contribution < -0.4 is 15.2 Å². The zero-order valence-corrected chi connectivity index (χ0v) is 9.77. The zero-order valence-electron chi connectivity index (χ0n) is 9.77. The minimum Gasteiger partial charge on any atom is -0.475 e. The molecule has 0 amide bonds. The number of rotatable bonds is 3. The Kier molecular flexibility index (Phi) is 3.12. The van der Waals surface area contributed by atoms with Crippen molar-refractivity contribution in [2.45, 2.75) is 19.8 Å². The maximum absolute atomic E-state index is 11.6. The van der Waals surface area contributed by atoms with E-state index in [9.17, 15) is 4.79 Å². The molecule has 5 nitrogen and oxygen atoms in total. The van der Waals surface area contributed by atoms with Gasteiger partial charge in [-0.05, 0) is 19.8 Å². The first kappa shape index (κ1) is 11.0. The molecule has 88 valence electrons. The van der Waals surface area contributed by atoms with Crippen molar-refractivity contribution >= 4 is 5.69 Å². The molecule has 0 saturated carbocycles. The Morgan fingerprint density at radius 3 is 2.75 bits per heavy atom. The topological polar surface area (TPSA) is 47.4 Å². The zero-order chi connectivity index (χ0) is 11.5. The average Bonchev–Trinajstić information content (AvgIpc) is 2.76. The third-order valence-electron chi connectivity index (χ3n) is 2.77. The molecular formula is C11H17N3O2. The van der Waals surface area contributed by atoms with Gasteiger partial charge in [0.2, 0.25) is 0 Å². The van der Waals surface area contributed by atoms with Crippen molar-refractivity contribution < 1.29 is 4.74 Å². The van der Waals surface area contributed by atoms with E-state index in [-0.39, 0.29) is 5.56 Å². The molecule has 0 aromatic carbocycles. The van der Waals surface area contributed by atoms with E-state index in [2.05, 4.69) is 10.00 Å². The Morgan fingerprint density at radius 1 is 1.44 bits per heavy atom. The Labute approximate surface area is 94.6 Å². The second kappa shape index (κ2) is 4.55. The summed E-state index contributed by atoms with van der Waals surface area (Å²) < 4.78 is 6.78. The van der Waals surface area contributed by atoms with Gasteiger partial charge >= 0.3 is 0 Å². The van der Waals surface area contributed by atoms with Crippen LogP contribution in [0.25, 0.3) is 0 Å². The number of hydrogen-bond acceptors (Lipinski definition) is 4. The van der Waals surface area contributed by atoms with E-state index in [1.165, 1.54) is 17.5 Å². The largest absolute Gasteiger partial charge is 0.475 e. The highest BCUT2D eigenvalue weighted by Gasteiger charge is 2.18. The maximum Gasteiger partial charge on any atom is 0.268 e. The van der Waals surface area contributed by atoms with Gasteiger partial charge < -0.3 is 9.64 Å². The first-order valence-electron chi connectivity index (χ1n) is 5.68. The molecule has 1 aromatic rings. The number of anilines is 1. The van der Waals surface area contributed by atoms with Gasteiger partial charge in [-0.3, -0.25) is 4.79 Å². The van der Waals surface area contributed by atoms with Crippen molar-refractivity contribution in [3.63, 3.8) is 0 Å². The molecule has 0 bridgehead atoms. The van der Waals surface area contributed by atoms with Gasteiger partial charge in [-0.15, -0.1) is 5.10 Å². The molecule has 0 spiro atoms. The van der Waals surface area contributed by atoms with E-state index >= 15 is 0 Å². The van der Waals surface area contributed by atoms with Crippen molar-refractivity contribution in [1.29, 1.82) is 0 Å². The monoisotopic (exact) mass is 223 g/mol. The third kappa shape index (κ3) is 2.03. The van der Waals surface area contributed by atoms with Gasteiger partial charge in [0.1, 0.15) is 5.69 Å². The summed E-state index contributed by atoms with van der Waals surface area (Å²) in [4.78, 5) is 13.7. The lowest BCUT2D eigenvalue weighted by Crippen LogP contribution is -2.26. The van der Waals surface area contributed by atoms with Gasteiger partial charge in [0.15, 0.2) is 0 Å². The van der Waals surface area contributed by atoms with Crippen molar-refractivity contribution in [3.8, 4) is 5.88 Å². The van der Waals surface area contributed by atoms with Crippen molar-refractivity contribution in [3.05, 3.63) is 16.4 Å². The molecule has 2 rings (SSSR count). The molecule has 0 radical (unpaired) electrons. The quantitative estimate of drug-likeness (QED) is 0.759. The third-order valence-corrected chi connectivity index (χ3v) is 2.77. The first-order chi connectivity index (χ1) is 7.72. The van der Waals surface area contributed by atoms with Crippen molar-refractivity contribution in [1.82, 2.24) is 9.78 Å². The normalized spacial score (nSPS) is 15.5. The summed E-state index contributed by atoms with van der Waals surface area (Å²) in [6, 6.07) is 1.61. The van der Waals surface area contributed by atoms with Crippen LogP contribution >= 0.6 is 0 Å². The highest BCUT2D eigenvalue weighted by molar-refractivity contribution is 5.54. The lowest BCUT2D eigenvalue weighted by molar-refractivity contribution is 0.317. The van der Waals surface area contributed by atoms with Gasteiger partial charge in [0.25, 0.3) is 11.4 Å². The number of hydrogen-bond donors (Lipinski definition) is 0. The molecule has 16 heavy (non-hydrogen) atoms. The summed E-state index contributed by atoms with van der Waals surface area (Å²) in [5.41, 5.74) is 0.743. The van der Waals surface area contributed by atoms with Gasteiger partial charge in [-0.1, -0.05) is 0 Å². The van der Waals surface area contributed by atoms with Gasteiger partial charge in [-0.2, -0.15) is 0 Å². The molecule has 0 aliphatic carbocycles. The number of nitrogens with zero attached hydrogens (tertiary/aromatic N) is 3. The average molecular weight is 223 g/mol. The summed E-state index contributed by atoms with van der Waals surface area (Å²) in [6.45, 7) is 4.44. The van der Waals surface area contributed by atoms with Crippen LogP contribution in [0.3, 0.4) is 0 Å². The van der Waals surface area contributed by atoms with Crippen molar-refractivity contribution in [2.24, 2.45) is 7.05 Å². The molecule has 1 saturated heterocycles. The fourth-order valence-corrected chi connectivity index (χ4v) is 1.93. The fourth-order valence-electron chi connectivity index (χ4n) is 1.93. The van der Waals surface area contributed by atoms with Gasteiger partial charge in [0.05, 0.1) is 6.61 Å². The van der Waals surface area contributed by atoms with Crippen LogP contribution in [0.15, 0.2) is 10.9 Å². The molecule has 1 fully saturated rings. The van der Waals surface area contributed by atoms with Crippen LogP contribution in [0.1, 0.15) is 19.8 Å². The van der Waals surface area contributed by atoms with Crippen LogP contribution in [0.5, 0.6) is 5.88 Å². The Balaban J connectivity index is 2.40. The molecule has 1 aliphatic rings. The maximum atomic E-state index is 11.6. The minimum atomic E-state index is -0.0923. The summed E-state index contributed by atoms with van der Waals surface area (Å²) in [7, 11) is 1.64. The lowest BCUT2D eigenvalue weighted by Gasteiger charge is -2.20. The summed E-state index contributed by atoms with van der Waals surface area (Å²) in [5.74, 6) is 0.562. The second-order valence-corrected chi connectivity index (χ2v) is 3.92. The summed E-state index contributed by atoms with van der Waals surface area (Å²) >= 11 is 0. The SMILES string of the molecule is CCOc1nn(C)c(=O)cc1N1CCCC1. The predicted molar refractivity (Wildman–Crippen MR) is 62.1 cm³/mol. The van der Waals surface area contributed by atoms with Crippen LogP contribution in [-0.4, -0.2) is 29.5 Å². The van der Waals surface area contributed by atoms with Crippen LogP contribution in [0.2, 0.25) is 0 Å². The highest BCUT2D eigenvalue weighted by atomic mass is 16.5. The van der Waals surface area contributed by atoms with E-state index in [1.54, 1.807) is 13.1 Å². The molecule has 1 aromatic heterocycles. The molecule has 5 heteroatoms. The number of aromatic nitrogens is 2. The molecule has 0 unspecified atom stereocenters. The fraction of sp³-hybridized carbons (Fsp3) is 0.636. The number of ether oxygens (including phenoxy) is 1. The molecule has 0 atom stereocenters. The molecule has 2 heterocycles. The summed E-state index contributed by atoms with van der Waals surface area (Å²) in [5, 5.41) is 4.15.